The monoisotopic (exact) mass is 1880 g/mol. The molecule has 0 bridgehead atoms. The number of nitrogens with two attached hydrogens (primary N) is 2. The molecule has 1 amide bonds. The minimum absolute atomic E-state index is 0. The van der Waals surface area contributed by atoms with E-state index in [1.165, 1.54) is 154 Å². The normalized spacial score (nSPS) is 10.2. The van der Waals surface area contributed by atoms with E-state index < -0.39 is 5.97 Å². The van der Waals surface area contributed by atoms with E-state index in [9.17, 15) is 19.2 Å². The molecule has 0 atom stereocenters. The van der Waals surface area contributed by atoms with Crippen molar-refractivity contribution in [3.8, 4) is 0 Å². The molecule has 10 aromatic carbocycles. The molecule has 10 rings (SSSR count). The van der Waals surface area contributed by atoms with E-state index in [-0.39, 0.29) is 68.8 Å². The van der Waals surface area contributed by atoms with Crippen LogP contribution in [-0.2, 0) is 70.7 Å². The molecule has 12 heteroatoms. The van der Waals surface area contributed by atoms with Crippen molar-refractivity contribution in [2.24, 2.45) is 11.5 Å². The van der Waals surface area contributed by atoms with Crippen LogP contribution in [0, 0.1) is 79.7 Å². The first-order valence-electron chi connectivity index (χ1n) is 40.3. The first kappa shape index (κ1) is 117. The van der Waals surface area contributed by atoms with Gasteiger partial charge >= 0.3 is 47.9 Å². The Morgan fingerprint density at radius 2 is 0.590 bits per heavy atom. The van der Waals surface area contributed by atoms with Gasteiger partial charge in [0, 0.05) is 29.3 Å². The Balaban J connectivity index is -0.00000140. The third kappa shape index (κ3) is 47.3. The van der Waals surface area contributed by atoms with Crippen LogP contribution >= 0.6 is 36.2 Å². The quantitative estimate of drug-likeness (QED) is 0.0100. The number of benzene rings is 10. The van der Waals surface area contributed by atoms with Gasteiger partial charge in [-0.25, -0.2) is 0 Å². The van der Waals surface area contributed by atoms with Crippen molar-refractivity contribution in [3.63, 3.8) is 0 Å². The van der Waals surface area contributed by atoms with E-state index >= 15 is 0 Å². The van der Waals surface area contributed by atoms with Gasteiger partial charge in [0.1, 0.15) is 0 Å². The van der Waals surface area contributed by atoms with Gasteiger partial charge in [-0.15, -0.1) is 0 Å². The maximum absolute atomic E-state index is 11.4. The van der Waals surface area contributed by atoms with Crippen LogP contribution in [0.5, 0.6) is 0 Å². The number of aliphatic carboxylic acids is 1. The topological polar surface area (TPSA) is 159 Å². The Labute approximate surface area is 769 Å². The molecule has 0 fully saturated rings. The van der Waals surface area contributed by atoms with Crippen LogP contribution in [0.4, 0.5) is 0 Å². The first-order chi connectivity index (χ1) is 55.9. The average Bonchev–Trinajstić information content (AvgIpc) is 0.873. The Morgan fingerprint density at radius 1 is 0.352 bits per heavy atom. The van der Waals surface area contributed by atoms with E-state index in [4.69, 9.17) is 21.3 Å². The zero-order valence-electron chi connectivity index (χ0n) is 70.7. The molecule has 122 heavy (non-hydrogen) atoms. The second-order valence-electron chi connectivity index (χ2n) is 28.6. The third-order valence-corrected chi connectivity index (χ3v) is 19.7. The van der Waals surface area contributed by atoms with E-state index in [0.29, 0.717) is 45.3 Å². The number of hydrogen-bond donors (Lipinski definition) is 3. The van der Waals surface area contributed by atoms with E-state index in [1.807, 2.05) is 13.0 Å². The van der Waals surface area contributed by atoms with Gasteiger partial charge in [0.2, 0.25) is 5.91 Å². The third-order valence-electron chi connectivity index (χ3n) is 19.1. The van der Waals surface area contributed by atoms with Crippen LogP contribution in [0.2, 0.25) is 0 Å². The summed E-state index contributed by atoms with van der Waals surface area (Å²) >= 11 is 6.59. The number of halogens is 2. The van der Waals surface area contributed by atoms with Crippen LogP contribution in [0.1, 0.15) is 256 Å². The summed E-state index contributed by atoms with van der Waals surface area (Å²) in [5, 5.41) is 8.70. The van der Waals surface area contributed by atoms with Crippen molar-refractivity contribution in [2.75, 3.05) is 19.8 Å². The molecule has 0 saturated carbocycles. The zero-order valence-corrected chi connectivity index (χ0v) is 77.4. The van der Waals surface area contributed by atoms with Gasteiger partial charge in [0.25, 0.3) is 0 Å². The molecular formula is C110H146BrIN2O7Zn. The Morgan fingerprint density at radius 3 is 0.836 bits per heavy atom. The molecular weight excluding hydrogens is 1730 g/mol. The molecule has 5 N–H and O–H groups in total. The fraction of sp³-hybridized carbons (Fsp3) is 0.318. The Kier molecular flexibility index (Phi) is 65.1. The van der Waals surface area contributed by atoms with Gasteiger partial charge in [-0.2, -0.15) is 6.42 Å². The van der Waals surface area contributed by atoms with Crippen LogP contribution in [0.3, 0.4) is 0 Å². The molecule has 0 aliphatic heterocycles. The number of carbonyl (C=O) groups is 4. The fourth-order valence-electron chi connectivity index (χ4n) is 12.8. The van der Waals surface area contributed by atoms with Crippen molar-refractivity contribution < 1.29 is 50.1 Å². The van der Waals surface area contributed by atoms with Crippen molar-refractivity contribution in [3.05, 3.63) is 356 Å². The molecule has 0 spiro atoms. The van der Waals surface area contributed by atoms with Crippen LogP contribution < -0.4 is 11.5 Å². The van der Waals surface area contributed by atoms with E-state index in [2.05, 4.69) is 384 Å². The molecule has 0 aliphatic rings. The second-order valence-corrected chi connectivity index (χ2v) is 29.9. The number of amides is 1. The average molecular weight is 1880 g/mol. The van der Waals surface area contributed by atoms with Crippen molar-refractivity contribution in [1.29, 1.82) is 0 Å². The van der Waals surface area contributed by atoms with E-state index in [1.54, 1.807) is 6.92 Å². The summed E-state index contributed by atoms with van der Waals surface area (Å²) in [6.07, 6.45) is 32.2. The minimum atomic E-state index is -0.730. The van der Waals surface area contributed by atoms with Gasteiger partial charge in [-0.3, -0.25) is 19.2 Å². The molecule has 654 valence electrons. The number of esters is 2. The standard InChI is InChI=1S/C22H26O2.C20H23NO.C20H25N.C20H22O2.C16H15I.C6H11O2.6CH4.BrH.Zn/c1-4-24-22(23)13-7-12-19-10-6-11-20(16-19)14-15-21-17(2)8-5-9-18(21)3;1-15-6-3-7-16(2)19(15)13-12-18-9-4-8-17(14-18)10-5-11-20(21)22;1-16-7-5-8-17(2)20(16)13-12-19-11-6-10-18(15-19)9-3-4-14-21;1-15-6-3-7-16(2)19(15)13-12-18-9-4-8-17(14-18)10-5-11-20(21)22;1-12-5-3-6-13(2)16(12)10-9-14-7-4-8-15(17)11-14;1-3-5-6(7)8-4-2;;;;;;;;/h5-6,8-11,14-16H,4,7,12-13H2,1-3H3;3-4,6-9,12-14H,5,10-11H2,1-2H3,(H2,21,22);5-8,10-13,15H,3-4,9,14,21H2,1-2H3;3-4,6-9,12-14H,5,10-11H2,1-2H3,(H,21,22);3-11H,1-2H3;1,3-5H2,2H3;6*1H4;1H;/q;;;;;-1;;;;;;;;+2/p-1/b15-14+;3*13-12+;10-9+;;;;;;;;;. The zero-order chi connectivity index (χ0) is 85.0. The van der Waals surface area contributed by atoms with Gasteiger partial charge in [0.15, 0.2) is 0 Å². The molecule has 0 aromatic heterocycles. The van der Waals surface area contributed by atoms with Crippen molar-refractivity contribution in [2.45, 2.75) is 218 Å². The molecule has 0 radical (unpaired) electrons. The summed E-state index contributed by atoms with van der Waals surface area (Å²) < 4.78 is 10.8. The number of rotatable bonds is 30. The van der Waals surface area contributed by atoms with Crippen LogP contribution in [0.25, 0.3) is 60.8 Å². The van der Waals surface area contributed by atoms with Gasteiger partial charge in [0.05, 0.1) is 13.2 Å². The van der Waals surface area contributed by atoms with Crippen LogP contribution in [0.15, 0.2) is 212 Å². The van der Waals surface area contributed by atoms with Gasteiger partial charge in [-0.1, -0.05) is 306 Å². The molecule has 0 aliphatic carbocycles. The summed E-state index contributed by atoms with van der Waals surface area (Å²) in [5.74, 6) is -1.22. The number of carbonyl (C=O) groups excluding carboxylic acids is 3. The molecule has 10 aromatic rings. The number of aryl methyl sites for hydroxylation is 14. The number of ether oxygens (including phenoxy) is 2. The summed E-state index contributed by atoms with van der Waals surface area (Å²) in [6, 6.07) is 74.4. The molecule has 0 unspecified atom stereocenters. The maximum atomic E-state index is 11.4. The first-order valence-corrected chi connectivity index (χ1v) is 48.3. The molecule has 0 heterocycles. The predicted molar refractivity (Wildman–Crippen MR) is 544 cm³/mol. The predicted octanol–water partition coefficient (Wildman–Crippen LogP) is 30.2. The summed E-state index contributed by atoms with van der Waals surface area (Å²) in [7, 11) is 0. The number of hydrogen-bond acceptors (Lipinski definition) is 7. The molecule has 9 nitrogen and oxygen atoms in total. The second kappa shape index (κ2) is 68.1. The Hall–Kier alpha value is -9.43. The number of carboxylic acid groups (broad SMARTS) is 1. The molecule has 0 saturated heterocycles. The summed E-state index contributed by atoms with van der Waals surface area (Å²) in [5.41, 5.74) is 41.3. The van der Waals surface area contributed by atoms with Crippen LogP contribution in [-0.4, -0.2) is 48.7 Å². The van der Waals surface area contributed by atoms with Gasteiger partial charge < -0.3 is 33.0 Å². The fourth-order valence-corrected chi connectivity index (χ4v) is 13.4. The van der Waals surface area contributed by atoms with Crippen molar-refractivity contribution >= 4 is 121 Å². The van der Waals surface area contributed by atoms with E-state index in [0.717, 1.165) is 57.1 Å². The number of carboxylic acids is 1. The number of unbranched alkanes of at least 4 members (excludes halogenated alkanes) is 1. The van der Waals surface area contributed by atoms with Crippen molar-refractivity contribution in [1.82, 2.24) is 0 Å². The number of primary amides is 1. The summed E-state index contributed by atoms with van der Waals surface area (Å²) in [4.78, 5) is 43.1. The SMILES string of the molecule is C.C.C.C.C.C.CCOC(=O)CCCc1cccc(/C=C/c2c(C)cccc2C)c1.Cc1cccc(C)c1/C=C/c1cccc(CCCC(=O)O)c1.Cc1cccc(C)c1/C=C/c1cccc(CCCC(N)=O)c1.Cc1cccc(C)c1/C=C/c1cccc(CCCCN)c1.Cc1cccc(C)c1/C=C/c1cccc(I)c1.[CH2-]CCC(=O)OCC.[Zn+][Br]. The summed E-state index contributed by atoms with van der Waals surface area (Å²) in [6.45, 7) is 30.3. The Bertz CT molecular complexity index is 4590. The van der Waals surface area contributed by atoms with Gasteiger partial charge in [-0.05, 0) is 316 Å².